The van der Waals surface area contributed by atoms with Crippen molar-refractivity contribution in [3.05, 3.63) is 58.4 Å². The van der Waals surface area contributed by atoms with Gasteiger partial charge in [0.05, 0.1) is 6.42 Å². The maximum atomic E-state index is 13.8. The zero-order chi connectivity index (χ0) is 20.4. The van der Waals surface area contributed by atoms with Crippen LogP contribution in [-0.4, -0.2) is 30.6 Å². The molecule has 4 nitrogen and oxygen atoms in total. The van der Waals surface area contributed by atoms with Crippen molar-refractivity contribution in [2.24, 2.45) is 0 Å². The lowest BCUT2D eigenvalue weighted by Gasteiger charge is -2.23. The lowest BCUT2D eigenvalue weighted by molar-refractivity contribution is -0.131. The number of fused-ring (bicyclic) bond motifs is 1. The highest BCUT2D eigenvalue weighted by molar-refractivity contribution is 5.79. The highest BCUT2D eigenvalue weighted by atomic mass is 19.2. The van der Waals surface area contributed by atoms with Gasteiger partial charge in [-0.2, -0.15) is 0 Å². The molecule has 0 aliphatic carbocycles. The number of halogens is 5. The molecule has 0 saturated heterocycles. The summed E-state index contributed by atoms with van der Waals surface area (Å²) < 4.78 is 78.3. The molecule has 28 heavy (non-hydrogen) atoms. The lowest BCUT2D eigenvalue weighted by Crippen LogP contribution is -2.32. The topological polar surface area (TPSA) is 38.8 Å². The predicted octanol–water partition coefficient (Wildman–Crippen LogP) is 3.74. The van der Waals surface area contributed by atoms with Crippen LogP contribution < -0.4 is 9.47 Å². The Hall–Kier alpha value is -2.84. The molecule has 0 fully saturated rings. The van der Waals surface area contributed by atoms with Gasteiger partial charge in [-0.1, -0.05) is 6.07 Å². The molecule has 0 aromatic heterocycles. The predicted molar refractivity (Wildman–Crippen MR) is 88.5 cm³/mol. The number of benzene rings is 2. The summed E-state index contributed by atoms with van der Waals surface area (Å²) in [6, 6.07) is 5.04. The Balaban J connectivity index is 1.80. The fraction of sp³-hybridized carbons (Fsp3) is 0.316. The van der Waals surface area contributed by atoms with Crippen LogP contribution in [0.4, 0.5) is 22.0 Å². The van der Waals surface area contributed by atoms with Crippen LogP contribution in [0.5, 0.6) is 11.5 Å². The number of nitrogens with zero attached hydrogens (tertiary/aromatic N) is 1. The monoisotopic (exact) mass is 401 g/mol. The first kappa shape index (κ1) is 19.9. The van der Waals surface area contributed by atoms with Gasteiger partial charge in [0.15, 0.2) is 34.8 Å². The second-order valence-corrected chi connectivity index (χ2v) is 6.11. The average Bonchev–Trinajstić information content (AvgIpc) is 2.71. The van der Waals surface area contributed by atoms with Crippen LogP contribution >= 0.6 is 0 Å². The Morgan fingerprint density at radius 2 is 1.50 bits per heavy atom. The number of hydrogen-bond acceptors (Lipinski definition) is 3. The summed E-state index contributed by atoms with van der Waals surface area (Å²) in [7, 11) is 0. The second kappa shape index (κ2) is 8.04. The quantitative estimate of drug-likeness (QED) is 0.435. The minimum Gasteiger partial charge on any atom is -0.486 e. The van der Waals surface area contributed by atoms with Gasteiger partial charge in [-0.15, -0.1) is 0 Å². The zero-order valence-electron chi connectivity index (χ0n) is 14.8. The minimum absolute atomic E-state index is 0.0708. The van der Waals surface area contributed by atoms with E-state index in [1.165, 1.54) is 4.90 Å². The Bertz CT molecular complexity index is 890. The third-order valence-corrected chi connectivity index (χ3v) is 4.34. The van der Waals surface area contributed by atoms with E-state index >= 15 is 0 Å². The van der Waals surface area contributed by atoms with Crippen LogP contribution in [0, 0.1) is 29.1 Å². The van der Waals surface area contributed by atoms with Gasteiger partial charge >= 0.3 is 0 Å². The number of rotatable bonds is 5. The highest BCUT2D eigenvalue weighted by Crippen LogP contribution is 2.31. The van der Waals surface area contributed by atoms with Crippen molar-refractivity contribution < 1.29 is 36.2 Å². The van der Waals surface area contributed by atoms with Gasteiger partial charge in [0.2, 0.25) is 11.7 Å². The molecule has 1 aliphatic rings. The molecule has 0 unspecified atom stereocenters. The van der Waals surface area contributed by atoms with Crippen molar-refractivity contribution in [2.45, 2.75) is 19.9 Å². The SMILES string of the molecule is CCN(Cc1ccc2c(c1)OCCO2)C(=O)Cc1c(F)c(F)c(F)c(F)c1F. The number of carbonyl (C=O) groups excluding carboxylic acids is 1. The molecule has 0 bridgehead atoms. The molecule has 0 saturated carbocycles. The number of carbonyl (C=O) groups is 1. The fourth-order valence-electron chi connectivity index (χ4n) is 2.85. The van der Waals surface area contributed by atoms with Crippen LogP contribution in [0.3, 0.4) is 0 Å². The fourth-order valence-corrected chi connectivity index (χ4v) is 2.85. The van der Waals surface area contributed by atoms with E-state index in [4.69, 9.17) is 9.47 Å². The third-order valence-electron chi connectivity index (χ3n) is 4.34. The van der Waals surface area contributed by atoms with Gasteiger partial charge in [-0.25, -0.2) is 22.0 Å². The van der Waals surface area contributed by atoms with E-state index in [-0.39, 0.29) is 13.1 Å². The Morgan fingerprint density at radius 3 is 2.11 bits per heavy atom. The largest absolute Gasteiger partial charge is 0.486 e. The normalized spacial score (nSPS) is 12.8. The maximum Gasteiger partial charge on any atom is 0.227 e. The molecule has 0 atom stereocenters. The number of likely N-dealkylation sites (N-methyl/N-ethyl adjacent to an activating group) is 1. The summed E-state index contributed by atoms with van der Waals surface area (Å²) in [6.07, 6.45) is -0.954. The molecule has 0 radical (unpaired) electrons. The van der Waals surface area contributed by atoms with E-state index in [0.717, 1.165) is 0 Å². The Labute approximate surface area is 157 Å². The molecule has 2 aromatic rings. The molecule has 1 heterocycles. The van der Waals surface area contributed by atoms with Gasteiger partial charge in [0.1, 0.15) is 13.2 Å². The van der Waals surface area contributed by atoms with Crippen molar-refractivity contribution in [1.29, 1.82) is 0 Å². The van der Waals surface area contributed by atoms with Crippen LogP contribution in [-0.2, 0) is 17.8 Å². The molecule has 0 N–H and O–H groups in total. The number of hydrogen-bond donors (Lipinski definition) is 0. The molecule has 150 valence electrons. The van der Waals surface area contributed by atoms with E-state index in [2.05, 4.69) is 0 Å². The van der Waals surface area contributed by atoms with Crippen LogP contribution in [0.2, 0.25) is 0 Å². The standard InChI is InChI=1S/C19H16F5NO3/c1-2-25(9-10-3-4-12-13(7-10)28-6-5-27-12)14(26)8-11-15(20)17(22)19(24)18(23)16(11)21/h3-4,7H,2,5-6,8-9H2,1H3. The summed E-state index contributed by atoms with van der Waals surface area (Å²) in [5.41, 5.74) is -0.487. The van der Waals surface area contributed by atoms with E-state index in [9.17, 15) is 26.7 Å². The molecular weight excluding hydrogens is 385 g/mol. The Kier molecular flexibility index (Phi) is 5.71. The minimum atomic E-state index is -2.25. The summed E-state index contributed by atoms with van der Waals surface area (Å²) in [5, 5.41) is 0. The molecule has 3 rings (SSSR count). The molecular formula is C19H16F5NO3. The van der Waals surface area contributed by atoms with Crippen molar-refractivity contribution in [2.75, 3.05) is 19.8 Å². The molecule has 1 amide bonds. The van der Waals surface area contributed by atoms with Gasteiger partial charge in [-0.3, -0.25) is 4.79 Å². The van der Waals surface area contributed by atoms with E-state index in [0.29, 0.717) is 30.3 Å². The smallest absolute Gasteiger partial charge is 0.227 e. The molecule has 9 heteroatoms. The first-order valence-corrected chi connectivity index (χ1v) is 8.50. The lowest BCUT2D eigenvalue weighted by atomic mass is 10.1. The molecule has 1 aliphatic heterocycles. The maximum absolute atomic E-state index is 13.8. The van der Waals surface area contributed by atoms with Crippen molar-refractivity contribution in [3.63, 3.8) is 0 Å². The first-order chi connectivity index (χ1) is 13.3. The van der Waals surface area contributed by atoms with Gasteiger partial charge < -0.3 is 14.4 Å². The zero-order valence-corrected chi connectivity index (χ0v) is 14.8. The third kappa shape index (κ3) is 3.74. The highest BCUT2D eigenvalue weighted by Gasteiger charge is 2.28. The van der Waals surface area contributed by atoms with Crippen molar-refractivity contribution in [1.82, 2.24) is 4.90 Å². The average molecular weight is 401 g/mol. The van der Waals surface area contributed by atoms with Crippen LogP contribution in [0.1, 0.15) is 18.1 Å². The Morgan fingerprint density at radius 1 is 0.929 bits per heavy atom. The number of amides is 1. The summed E-state index contributed by atoms with van der Waals surface area (Å²) >= 11 is 0. The first-order valence-electron chi connectivity index (χ1n) is 8.50. The van der Waals surface area contributed by atoms with Crippen molar-refractivity contribution in [3.8, 4) is 11.5 Å². The van der Waals surface area contributed by atoms with Crippen molar-refractivity contribution >= 4 is 5.91 Å². The van der Waals surface area contributed by atoms with Gasteiger partial charge in [-0.05, 0) is 24.6 Å². The molecule has 2 aromatic carbocycles. The van der Waals surface area contributed by atoms with Gasteiger partial charge in [0.25, 0.3) is 0 Å². The van der Waals surface area contributed by atoms with Crippen LogP contribution in [0.25, 0.3) is 0 Å². The summed E-state index contributed by atoms with van der Waals surface area (Å²) in [6.45, 7) is 2.68. The van der Waals surface area contributed by atoms with Gasteiger partial charge in [0, 0.05) is 18.7 Å². The summed E-state index contributed by atoms with van der Waals surface area (Å²) in [4.78, 5) is 13.7. The van der Waals surface area contributed by atoms with E-state index in [1.807, 2.05) is 0 Å². The van der Waals surface area contributed by atoms with E-state index in [1.54, 1.807) is 25.1 Å². The van der Waals surface area contributed by atoms with E-state index < -0.39 is 47.0 Å². The second-order valence-electron chi connectivity index (χ2n) is 6.11. The summed E-state index contributed by atoms with van der Waals surface area (Å²) in [5.74, 6) is -10.1. The van der Waals surface area contributed by atoms with Crippen LogP contribution in [0.15, 0.2) is 18.2 Å². The molecule has 0 spiro atoms. The number of ether oxygens (including phenoxy) is 2.